The van der Waals surface area contributed by atoms with Crippen molar-refractivity contribution in [3.63, 3.8) is 0 Å². The first-order valence-corrected chi connectivity index (χ1v) is 8.12. The van der Waals surface area contributed by atoms with Gasteiger partial charge >= 0.3 is 5.97 Å². The molecule has 120 valence electrons. The van der Waals surface area contributed by atoms with Crippen LogP contribution in [0, 0.1) is 12.7 Å². The molecule has 0 aromatic heterocycles. The summed E-state index contributed by atoms with van der Waals surface area (Å²) < 4.78 is 39.6. The van der Waals surface area contributed by atoms with Gasteiger partial charge in [-0.3, -0.25) is 4.72 Å². The van der Waals surface area contributed by atoms with Crippen molar-refractivity contribution in [3.05, 3.63) is 70.4 Å². The van der Waals surface area contributed by atoms with Crippen LogP contribution in [0.25, 0.3) is 6.08 Å². The highest BCUT2D eigenvalue weighted by molar-refractivity contribution is 7.95. The molecule has 2 aromatic rings. The maximum atomic E-state index is 13.5. The van der Waals surface area contributed by atoms with Crippen molar-refractivity contribution in [1.82, 2.24) is 0 Å². The van der Waals surface area contributed by atoms with Gasteiger partial charge in [0, 0.05) is 0 Å². The fourth-order valence-corrected chi connectivity index (χ4v) is 2.74. The van der Waals surface area contributed by atoms with Crippen molar-refractivity contribution in [3.8, 4) is 0 Å². The molecule has 2 N–H and O–H groups in total. The summed E-state index contributed by atoms with van der Waals surface area (Å²) in [6.45, 7) is 1.91. The number of benzene rings is 2. The van der Waals surface area contributed by atoms with Crippen LogP contribution in [0.15, 0.2) is 47.9 Å². The van der Waals surface area contributed by atoms with Crippen LogP contribution < -0.4 is 4.72 Å². The van der Waals surface area contributed by atoms with E-state index in [4.69, 9.17) is 5.11 Å². The third-order valence-corrected chi connectivity index (χ3v) is 4.00. The molecule has 23 heavy (non-hydrogen) atoms. The van der Waals surface area contributed by atoms with E-state index in [1.165, 1.54) is 18.2 Å². The number of carboxylic acids is 1. The Morgan fingerprint density at radius 3 is 2.43 bits per heavy atom. The van der Waals surface area contributed by atoms with Crippen LogP contribution in [0.2, 0.25) is 0 Å². The van der Waals surface area contributed by atoms with E-state index in [0.717, 1.165) is 17.0 Å². The minimum absolute atomic E-state index is 0.328. The summed E-state index contributed by atoms with van der Waals surface area (Å²) in [5, 5.41) is 9.88. The van der Waals surface area contributed by atoms with Gasteiger partial charge in [-0.25, -0.2) is 17.6 Å². The fourth-order valence-electron chi connectivity index (χ4n) is 1.86. The topological polar surface area (TPSA) is 83.5 Å². The van der Waals surface area contributed by atoms with E-state index in [-0.39, 0.29) is 5.69 Å². The van der Waals surface area contributed by atoms with E-state index in [0.29, 0.717) is 5.56 Å². The number of aromatic carboxylic acids is 1. The minimum atomic E-state index is -3.98. The maximum absolute atomic E-state index is 13.5. The zero-order valence-corrected chi connectivity index (χ0v) is 13.0. The van der Waals surface area contributed by atoms with Crippen molar-refractivity contribution >= 4 is 27.8 Å². The average Bonchev–Trinajstić information content (AvgIpc) is 2.46. The molecule has 0 aliphatic heterocycles. The molecule has 0 saturated carbocycles. The molecule has 0 aliphatic rings. The third kappa shape index (κ3) is 4.40. The van der Waals surface area contributed by atoms with Crippen LogP contribution in [0.4, 0.5) is 10.1 Å². The van der Waals surface area contributed by atoms with E-state index in [1.54, 1.807) is 12.1 Å². The standard InChI is InChI=1S/C16H14FNO4S/c1-11-5-7-12(8-6-11)9-10-23(21,22)18-14-4-2-3-13(17)15(14)16(19)20/h2-10,18H,1H3,(H,19,20)/b10-9-. The molecular formula is C16H14FNO4S. The second-order valence-corrected chi connectivity index (χ2v) is 6.39. The van der Waals surface area contributed by atoms with Gasteiger partial charge in [-0.1, -0.05) is 35.9 Å². The van der Waals surface area contributed by atoms with E-state index < -0.39 is 27.4 Å². The maximum Gasteiger partial charge on any atom is 0.340 e. The Bertz CT molecular complexity index is 858. The number of sulfonamides is 1. The predicted molar refractivity (Wildman–Crippen MR) is 86.1 cm³/mol. The van der Waals surface area contributed by atoms with E-state index in [2.05, 4.69) is 4.72 Å². The lowest BCUT2D eigenvalue weighted by atomic mass is 10.2. The van der Waals surface area contributed by atoms with Crippen molar-refractivity contribution in [2.45, 2.75) is 6.92 Å². The Balaban J connectivity index is 2.27. The zero-order valence-electron chi connectivity index (χ0n) is 12.2. The first-order valence-electron chi connectivity index (χ1n) is 6.58. The lowest BCUT2D eigenvalue weighted by Crippen LogP contribution is -2.13. The molecule has 0 aliphatic carbocycles. The number of aryl methyl sites for hydroxylation is 1. The lowest BCUT2D eigenvalue weighted by Gasteiger charge is -2.08. The number of nitrogens with one attached hydrogen (secondary N) is 1. The summed E-state index contributed by atoms with van der Waals surface area (Å²) in [5.41, 5.74) is 0.651. The van der Waals surface area contributed by atoms with Gasteiger partial charge in [-0.15, -0.1) is 0 Å². The van der Waals surface area contributed by atoms with E-state index in [9.17, 15) is 17.6 Å². The van der Waals surface area contributed by atoms with Gasteiger partial charge in [0.2, 0.25) is 0 Å². The highest BCUT2D eigenvalue weighted by Gasteiger charge is 2.18. The molecule has 5 nitrogen and oxygen atoms in total. The molecule has 0 spiro atoms. The molecule has 0 heterocycles. The smallest absolute Gasteiger partial charge is 0.340 e. The van der Waals surface area contributed by atoms with Crippen LogP contribution in [-0.4, -0.2) is 19.5 Å². The van der Waals surface area contributed by atoms with Crippen LogP contribution in [0.3, 0.4) is 0 Å². The Morgan fingerprint density at radius 2 is 1.83 bits per heavy atom. The number of hydrogen-bond acceptors (Lipinski definition) is 3. The Hall–Kier alpha value is -2.67. The predicted octanol–water partition coefficient (Wildman–Crippen LogP) is 3.24. The number of anilines is 1. The number of carboxylic acid groups (broad SMARTS) is 1. The van der Waals surface area contributed by atoms with Gasteiger partial charge in [-0.05, 0) is 30.7 Å². The number of halogens is 1. The molecule has 0 saturated heterocycles. The Kier molecular flexibility index (Phi) is 4.80. The summed E-state index contributed by atoms with van der Waals surface area (Å²) in [7, 11) is -3.98. The van der Waals surface area contributed by atoms with Crippen LogP contribution in [0.1, 0.15) is 21.5 Å². The van der Waals surface area contributed by atoms with E-state index in [1.807, 2.05) is 19.1 Å². The molecule has 0 bridgehead atoms. The van der Waals surface area contributed by atoms with Crippen molar-refractivity contribution < 1.29 is 22.7 Å². The van der Waals surface area contributed by atoms with Crippen molar-refractivity contribution in [2.75, 3.05) is 4.72 Å². The first-order chi connectivity index (χ1) is 10.8. The second-order valence-electron chi connectivity index (χ2n) is 4.83. The van der Waals surface area contributed by atoms with Gasteiger partial charge in [0.25, 0.3) is 10.0 Å². The molecule has 2 aromatic carbocycles. The molecule has 0 radical (unpaired) electrons. The van der Waals surface area contributed by atoms with Crippen molar-refractivity contribution in [2.24, 2.45) is 0 Å². The van der Waals surface area contributed by atoms with Gasteiger partial charge in [-0.2, -0.15) is 0 Å². The highest BCUT2D eigenvalue weighted by atomic mass is 32.2. The molecule has 0 amide bonds. The zero-order chi connectivity index (χ0) is 17.0. The van der Waals surface area contributed by atoms with Gasteiger partial charge in [0.1, 0.15) is 11.4 Å². The number of hydrogen-bond donors (Lipinski definition) is 2. The molecule has 0 fully saturated rings. The quantitative estimate of drug-likeness (QED) is 0.878. The molecule has 0 unspecified atom stereocenters. The summed E-state index contributed by atoms with van der Waals surface area (Å²) in [6, 6.07) is 10.5. The molecule has 7 heteroatoms. The fraction of sp³-hybridized carbons (Fsp3) is 0.0625. The monoisotopic (exact) mass is 335 g/mol. The molecule has 2 rings (SSSR count). The Morgan fingerprint density at radius 1 is 1.17 bits per heavy atom. The van der Waals surface area contributed by atoms with Gasteiger partial charge in [0.15, 0.2) is 0 Å². The number of carbonyl (C=O) groups is 1. The average molecular weight is 335 g/mol. The largest absolute Gasteiger partial charge is 0.478 e. The minimum Gasteiger partial charge on any atom is -0.478 e. The summed E-state index contributed by atoms with van der Waals surface area (Å²) >= 11 is 0. The summed E-state index contributed by atoms with van der Waals surface area (Å²) in [5.74, 6) is -2.57. The van der Waals surface area contributed by atoms with Crippen LogP contribution in [-0.2, 0) is 10.0 Å². The molecular weight excluding hydrogens is 321 g/mol. The van der Waals surface area contributed by atoms with E-state index >= 15 is 0 Å². The summed E-state index contributed by atoms with van der Waals surface area (Å²) in [4.78, 5) is 11.0. The summed E-state index contributed by atoms with van der Waals surface area (Å²) in [6.07, 6.45) is 1.36. The van der Waals surface area contributed by atoms with Gasteiger partial charge in [0.05, 0.1) is 11.1 Å². The van der Waals surface area contributed by atoms with Gasteiger partial charge < -0.3 is 5.11 Å². The van der Waals surface area contributed by atoms with Crippen LogP contribution in [0.5, 0.6) is 0 Å². The third-order valence-electron chi connectivity index (χ3n) is 3.00. The van der Waals surface area contributed by atoms with Crippen LogP contribution >= 0.6 is 0 Å². The first kappa shape index (κ1) is 16.7. The lowest BCUT2D eigenvalue weighted by molar-refractivity contribution is 0.0693. The normalized spacial score (nSPS) is 11.6. The SMILES string of the molecule is Cc1ccc(/C=C\S(=O)(=O)Nc2cccc(F)c2C(=O)O)cc1. The molecule has 0 atom stereocenters. The second kappa shape index (κ2) is 6.62. The number of rotatable bonds is 5. The highest BCUT2D eigenvalue weighted by Crippen LogP contribution is 2.20. The van der Waals surface area contributed by atoms with Crippen molar-refractivity contribution in [1.29, 1.82) is 0 Å². The Labute approximate surface area is 133 Å².